The van der Waals surface area contributed by atoms with Crippen molar-refractivity contribution in [2.45, 2.75) is 13.1 Å². The van der Waals surface area contributed by atoms with Gasteiger partial charge >= 0.3 is 0 Å². The second kappa shape index (κ2) is 7.16. The lowest BCUT2D eigenvalue weighted by Crippen LogP contribution is -2.02. The highest BCUT2D eigenvalue weighted by atomic mass is 15.0. The van der Waals surface area contributed by atoms with Gasteiger partial charge in [0.1, 0.15) is 5.82 Å². The van der Waals surface area contributed by atoms with Crippen LogP contribution in [0.5, 0.6) is 0 Å². The van der Waals surface area contributed by atoms with Gasteiger partial charge in [-0.1, -0.05) is 42.5 Å². The van der Waals surface area contributed by atoms with Gasteiger partial charge in [-0.25, -0.2) is 4.98 Å². The average Bonchev–Trinajstić information content (AvgIpc) is 3.16. The van der Waals surface area contributed by atoms with E-state index in [9.17, 15) is 0 Å². The summed E-state index contributed by atoms with van der Waals surface area (Å²) in [5, 5.41) is 7.01. The van der Waals surface area contributed by atoms with Crippen molar-refractivity contribution in [2.24, 2.45) is 0 Å². The van der Waals surface area contributed by atoms with Crippen LogP contribution in [0.3, 0.4) is 0 Å². The summed E-state index contributed by atoms with van der Waals surface area (Å²) >= 11 is 0. The Labute approximate surface area is 163 Å². The summed E-state index contributed by atoms with van der Waals surface area (Å²) in [6, 6.07) is 23.2. The van der Waals surface area contributed by atoms with Crippen molar-refractivity contribution in [1.82, 2.24) is 14.5 Å². The lowest BCUT2D eigenvalue weighted by atomic mass is 10.1. The van der Waals surface area contributed by atoms with Crippen LogP contribution in [0.15, 0.2) is 91.5 Å². The standard InChI is InChI=1S/C24H20N4/c1-2-4-18(5-3-1)17-28-13-10-22-23(28)9-12-26-24(22)27-15-19-6-7-21-16-25-11-8-20(21)14-19/h1-14,16H,15,17H2,(H,26,27). The molecule has 0 fully saturated rings. The Morgan fingerprint density at radius 3 is 2.68 bits per heavy atom. The number of benzene rings is 2. The van der Waals surface area contributed by atoms with Crippen LogP contribution in [0.1, 0.15) is 11.1 Å². The molecular formula is C24H20N4. The Balaban J connectivity index is 1.39. The topological polar surface area (TPSA) is 42.7 Å². The first-order chi connectivity index (χ1) is 13.9. The minimum Gasteiger partial charge on any atom is -0.365 e. The molecule has 0 amide bonds. The third kappa shape index (κ3) is 3.21. The molecule has 0 aliphatic rings. The molecule has 5 rings (SSSR count). The maximum atomic E-state index is 4.57. The third-order valence-corrected chi connectivity index (χ3v) is 5.06. The molecule has 136 valence electrons. The summed E-state index contributed by atoms with van der Waals surface area (Å²) < 4.78 is 2.26. The molecular weight excluding hydrogens is 344 g/mol. The lowest BCUT2D eigenvalue weighted by molar-refractivity contribution is 0.836. The van der Waals surface area contributed by atoms with Gasteiger partial charge in [-0.15, -0.1) is 0 Å². The van der Waals surface area contributed by atoms with Gasteiger partial charge in [-0.3, -0.25) is 4.98 Å². The Hall–Kier alpha value is -3.66. The number of fused-ring (bicyclic) bond motifs is 2. The Morgan fingerprint density at radius 1 is 0.821 bits per heavy atom. The summed E-state index contributed by atoms with van der Waals surface area (Å²) in [5.74, 6) is 0.916. The normalized spacial score (nSPS) is 11.1. The maximum Gasteiger partial charge on any atom is 0.135 e. The minimum atomic E-state index is 0.730. The van der Waals surface area contributed by atoms with E-state index in [1.54, 1.807) is 0 Å². The zero-order chi connectivity index (χ0) is 18.8. The van der Waals surface area contributed by atoms with Gasteiger partial charge in [0.2, 0.25) is 0 Å². The van der Waals surface area contributed by atoms with Crippen molar-refractivity contribution in [2.75, 3.05) is 5.32 Å². The monoisotopic (exact) mass is 364 g/mol. The Morgan fingerprint density at radius 2 is 1.75 bits per heavy atom. The van der Waals surface area contributed by atoms with E-state index in [1.165, 1.54) is 22.0 Å². The SMILES string of the molecule is c1ccc(Cn2ccc3c(NCc4ccc5cnccc5c4)nccc32)cc1. The van der Waals surface area contributed by atoms with Crippen molar-refractivity contribution in [3.05, 3.63) is 103 Å². The Bertz CT molecular complexity index is 1240. The van der Waals surface area contributed by atoms with Gasteiger partial charge in [0.15, 0.2) is 0 Å². The van der Waals surface area contributed by atoms with Crippen LogP contribution in [0.25, 0.3) is 21.7 Å². The molecule has 2 aromatic carbocycles. The first kappa shape index (κ1) is 16.5. The fourth-order valence-electron chi connectivity index (χ4n) is 3.61. The molecule has 0 aliphatic carbocycles. The third-order valence-electron chi connectivity index (χ3n) is 5.06. The van der Waals surface area contributed by atoms with Crippen molar-refractivity contribution >= 4 is 27.5 Å². The predicted molar refractivity (Wildman–Crippen MR) is 114 cm³/mol. The molecule has 0 saturated carbocycles. The molecule has 0 aliphatic heterocycles. The van der Waals surface area contributed by atoms with Crippen LogP contribution in [0.2, 0.25) is 0 Å². The van der Waals surface area contributed by atoms with Crippen molar-refractivity contribution < 1.29 is 0 Å². The number of hydrogen-bond acceptors (Lipinski definition) is 3. The molecule has 0 bridgehead atoms. The maximum absolute atomic E-state index is 4.57. The molecule has 5 aromatic rings. The summed E-state index contributed by atoms with van der Waals surface area (Å²) in [6.07, 6.45) is 7.73. The zero-order valence-corrected chi connectivity index (χ0v) is 15.4. The molecule has 0 spiro atoms. The molecule has 3 aromatic heterocycles. The first-order valence-electron chi connectivity index (χ1n) is 9.41. The van der Waals surface area contributed by atoms with Crippen molar-refractivity contribution in [1.29, 1.82) is 0 Å². The summed E-state index contributed by atoms with van der Waals surface area (Å²) in [7, 11) is 0. The van der Waals surface area contributed by atoms with E-state index in [-0.39, 0.29) is 0 Å². The van der Waals surface area contributed by atoms with Crippen molar-refractivity contribution in [3.63, 3.8) is 0 Å². The fraction of sp³-hybridized carbons (Fsp3) is 0.0833. The van der Waals surface area contributed by atoms with E-state index < -0.39 is 0 Å². The van der Waals surface area contributed by atoms with Crippen LogP contribution in [-0.2, 0) is 13.1 Å². The second-order valence-electron chi connectivity index (χ2n) is 6.93. The number of aromatic nitrogens is 3. The average molecular weight is 364 g/mol. The lowest BCUT2D eigenvalue weighted by Gasteiger charge is -2.09. The first-order valence-corrected chi connectivity index (χ1v) is 9.41. The van der Waals surface area contributed by atoms with Gasteiger partial charge in [-0.05, 0) is 40.8 Å². The van der Waals surface area contributed by atoms with Crippen molar-refractivity contribution in [3.8, 4) is 0 Å². The Kier molecular flexibility index (Phi) is 4.22. The molecule has 4 heteroatoms. The molecule has 0 radical (unpaired) electrons. The van der Waals surface area contributed by atoms with E-state index in [0.717, 1.165) is 29.7 Å². The van der Waals surface area contributed by atoms with Crippen LogP contribution in [-0.4, -0.2) is 14.5 Å². The number of pyridine rings is 2. The van der Waals surface area contributed by atoms with Gasteiger partial charge in [-0.2, -0.15) is 0 Å². The van der Waals surface area contributed by atoms with Gasteiger partial charge in [0.05, 0.1) is 5.52 Å². The molecule has 3 heterocycles. The molecule has 0 saturated heterocycles. The molecule has 0 unspecified atom stereocenters. The molecule has 1 N–H and O–H groups in total. The summed E-state index contributed by atoms with van der Waals surface area (Å²) in [5.41, 5.74) is 3.70. The fourth-order valence-corrected chi connectivity index (χ4v) is 3.61. The number of anilines is 1. The molecule has 4 nitrogen and oxygen atoms in total. The highest BCUT2D eigenvalue weighted by Gasteiger charge is 2.07. The van der Waals surface area contributed by atoms with E-state index in [4.69, 9.17) is 0 Å². The highest BCUT2D eigenvalue weighted by Crippen LogP contribution is 2.24. The highest BCUT2D eigenvalue weighted by molar-refractivity contribution is 5.90. The largest absolute Gasteiger partial charge is 0.365 e. The molecule has 0 atom stereocenters. The molecule has 28 heavy (non-hydrogen) atoms. The van der Waals surface area contributed by atoms with E-state index >= 15 is 0 Å². The van der Waals surface area contributed by atoms with Gasteiger partial charge in [0, 0.05) is 48.6 Å². The smallest absolute Gasteiger partial charge is 0.135 e. The van der Waals surface area contributed by atoms with Crippen LogP contribution < -0.4 is 5.32 Å². The van der Waals surface area contributed by atoms with Crippen LogP contribution in [0.4, 0.5) is 5.82 Å². The van der Waals surface area contributed by atoms with Gasteiger partial charge in [0.25, 0.3) is 0 Å². The van der Waals surface area contributed by atoms with E-state index in [1.807, 2.05) is 30.7 Å². The number of hydrogen-bond donors (Lipinski definition) is 1. The van der Waals surface area contributed by atoms with E-state index in [0.29, 0.717) is 0 Å². The summed E-state index contributed by atoms with van der Waals surface area (Å²) in [4.78, 5) is 8.74. The second-order valence-corrected chi connectivity index (χ2v) is 6.93. The number of nitrogens with one attached hydrogen (secondary N) is 1. The zero-order valence-electron chi connectivity index (χ0n) is 15.4. The van der Waals surface area contributed by atoms with Crippen LogP contribution in [0, 0.1) is 0 Å². The number of rotatable bonds is 5. The van der Waals surface area contributed by atoms with E-state index in [2.05, 4.69) is 80.6 Å². The van der Waals surface area contributed by atoms with Crippen LogP contribution >= 0.6 is 0 Å². The number of nitrogens with zero attached hydrogens (tertiary/aromatic N) is 3. The summed E-state index contributed by atoms with van der Waals surface area (Å²) in [6.45, 7) is 1.58. The minimum absolute atomic E-state index is 0.730. The predicted octanol–water partition coefficient (Wildman–Crippen LogP) is 5.24. The van der Waals surface area contributed by atoms with Gasteiger partial charge < -0.3 is 9.88 Å². The quantitative estimate of drug-likeness (QED) is 0.463.